The molecule has 1 unspecified atom stereocenters. The third-order valence-corrected chi connectivity index (χ3v) is 2.94. The third kappa shape index (κ3) is 5.01. The molecule has 1 heterocycles. The van der Waals surface area contributed by atoms with Crippen LogP contribution < -0.4 is 11.4 Å². The van der Waals surface area contributed by atoms with Crippen molar-refractivity contribution in [2.45, 2.75) is 46.1 Å². The molecular weight excluding hydrogens is 325 g/mol. The lowest BCUT2D eigenvalue weighted by Gasteiger charge is -2.31. The molecule has 0 bridgehead atoms. The number of hydrogen-bond donors (Lipinski definition) is 1. The topological polar surface area (TPSA) is 123 Å². The fourth-order valence-corrected chi connectivity index (χ4v) is 2.05. The van der Waals surface area contributed by atoms with Crippen LogP contribution in [0.4, 0.5) is 10.2 Å². The molecule has 0 saturated heterocycles. The molecule has 0 amide bonds. The Balaban J connectivity index is 3.34. The Morgan fingerprint density at radius 1 is 1.33 bits per heavy atom. The van der Waals surface area contributed by atoms with Crippen molar-refractivity contribution in [3.05, 3.63) is 22.5 Å². The van der Waals surface area contributed by atoms with Gasteiger partial charge in [0.15, 0.2) is 24.0 Å². The number of nitrogens with two attached hydrogens (primary N) is 1. The molecule has 0 aromatic carbocycles. The highest BCUT2D eigenvalue weighted by Gasteiger charge is 2.35. The summed E-state index contributed by atoms with van der Waals surface area (Å²) in [7, 11) is 0. The number of esters is 2. The molecule has 2 N–H and O–H groups in total. The first-order chi connectivity index (χ1) is 11.2. The Labute approximate surface area is 137 Å². The van der Waals surface area contributed by atoms with Crippen molar-refractivity contribution in [1.82, 2.24) is 9.55 Å². The van der Waals surface area contributed by atoms with E-state index in [9.17, 15) is 18.8 Å². The minimum absolute atomic E-state index is 0.105. The second-order valence-electron chi connectivity index (χ2n) is 4.90. The zero-order chi connectivity index (χ0) is 18.4. The number of aromatic nitrogens is 2. The van der Waals surface area contributed by atoms with Crippen LogP contribution >= 0.6 is 0 Å². The number of nitrogen functional groups attached to an aromatic ring is 1. The number of nitrogens with zero attached hydrogens (tertiary/aromatic N) is 2. The maximum atomic E-state index is 13.7. The summed E-state index contributed by atoms with van der Waals surface area (Å²) in [5.74, 6) is -2.82. The molecule has 10 heteroatoms. The van der Waals surface area contributed by atoms with Gasteiger partial charge in [-0.1, -0.05) is 0 Å². The summed E-state index contributed by atoms with van der Waals surface area (Å²) in [6, 6.07) is 0. The molecule has 1 rings (SSSR count). The Morgan fingerprint density at radius 3 is 2.42 bits per heavy atom. The van der Waals surface area contributed by atoms with Crippen LogP contribution in [0.15, 0.2) is 11.0 Å². The summed E-state index contributed by atoms with van der Waals surface area (Å²) in [5, 5.41) is 0. The lowest BCUT2D eigenvalue weighted by atomic mass is 10.2. The van der Waals surface area contributed by atoms with Gasteiger partial charge in [0.2, 0.25) is 0 Å². The summed E-state index contributed by atoms with van der Waals surface area (Å²) in [5.41, 5.74) is 4.35. The Morgan fingerprint density at radius 2 is 1.92 bits per heavy atom. The van der Waals surface area contributed by atoms with Crippen molar-refractivity contribution in [2.75, 3.05) is 12.3 Å². The number of ether oxygens (including phenoxy) is 3. The maximum absolute atomic E-state index is 13.7. The summed E-state index contributed by atoms with van der Waals surface area (Å²) in [4.78, 5) is 37.9. The van der Waals surface area contributed by atoms with Crippen molar-refractivity contribution in [3.63, 3.8) is 0 Å². The van der Waals surface area contributed by atoms with Gasteiger partial charge in [0.25, 0.3) is 0 Å². The molecule has 0 aliphatic carbocycles. The number of hydrogen-bond acceptors (Lipinski definition) is 8. The highest BCUT2D eigenvalue weighted by molar-refractivity contribution is 5.67. The lowest BCUT2D eigenvalue weighted by Crippen LogP contribution is -2.44. The second kappa shape index (κ2) is 8.39. The lowest BCUT2D eigenvalue weighted by molar-refractivity contribution is -0.185. The number of carbonyl (C=O) groups excluding carboxylic acids is 2. The molecule has 0 fully saturated rings. The number of carbonyl (C=O) groups is 2. The minimum Gasteiger partial charge on any atom is -0.459 e. The van der Waals surface area contributed by atoms with Crippen LogP contribution in [-0.4, -0.2) is 40.3 Å². The monoisotopic (exact) mass is 345 g/mol. The van der Waals surface area contributed by atoms with Crippen LogP contribution in [0.2, 0.25) is 0 Å². The van der Waals surface area contributed by atoms with E-state index in [4.69, 9.17) is 19.9 Å². The van der Waals surface area contributed by atoms with Crippen LogP contribution in [0.1, 0.15) is 33.9 Å². The standard InChI is InChI=1S/C14H20FN3O6/c1-5-22-13(18-6-10(15)12(16)17-14(18)21)11(24-9(4)20)7(2)23-8(3)19/h6-7,11,13H,5H2,1-4H3,(H2,16,17,21)/t7-,11-,13?/m1/s1. The second-order valence-corrected chi connectivity index (χ2v) is 4.90. The van der Waals surface area contributed by atoms with E-state index in [-0.39, 0.29) is 6.61 Å². The van der Waals surface area contributed by atoms with E-state index in [2.05, 4.69) is 4.98 Å². The van der Waals surface area contributed by atoms with Crippen LogP contribution in [0.5, 0.6) is 0 Å². The average Bonchev–Trinajstić information content (AvgIpc) is 2.46. The van der Waals surface area contributed by atoms with E-state index in [0.29, 0.717) is 0 Å². The van der Waals surface area contributed by atoms with E-state index in [1.54, 1.807) is 6.92 Å². The van der Waals surface area contributed by atoms with E-state index in [1.807, 2.05) is 0 Å². The zero-order valence-electron chi connectivity index (χ0n) is 13.8. The van der Waals surface area contributed by atoms with Crippen molar-refractivity contribution in [2.24, 2.45) is 0 Å². The molecule has 0 aliphatic rings. The molecule has 3 atom stereocenters. The Bertz CT molecular complexity index is 662. The summed E-state index contributed by atoms with van der Waals surface area (Å²) >= 11 is 0. The molecular formula is C14H20FN3O6. The predicted molar refractivity (Wildman–Crippen MR) is 80.3 cm³/mol. The highest BCUT2D eigenvalue weighted by atomic mass is 19.1. The van der Waals surface area contributed by atoms with Gasteiger partial charge in [0.05, 0.1) is 6.20 Å². The molecule has 0 spiro atoms. The molecule has 134 valence electrons. The first-order valence-corrected chi connectivity index (χ1v) is 7.17. The van der Waals surface area contributed by atoms with Gasteiger partial charge in [-0.2, -0.15) is 4.98 Å². The molecule has 0 saturated carbocycles. The summed E-state index contributed by atoms with van der Waals surface area (Å²) < 4.78 is 30.0. The average molecular weight is 345 g/mol. The van der Waals surface area contributed by atoms with Gasteiger partial charge in [0.1, 0.15) is 6.10 Å². The molecule has 24 heavy (non-hydrogen) atoms. The Kier molecular flexibility index (Phi) is 6.83. The smallest absolute Gasteiger partial charge is 0.351 e. The first-order valence-electron chi connectivity index (χ1n) is 7.17. The van der Waals surface area contributed by atoms with Crippen molar-refractivity contribution >= 4 is 17.8 Å². The van der Waals surface area contributed by atoms with Gasteiger partial charge in [0, 0.05) is 20.5 Å². The summed E-state index contributed by atoms with van der Waals surface area (Å²) in [6.07, 6.45) is -2.63. The van der Waals surface area contributed by atoms with Crippen LogP contribution in [0, 0.1) is 5.82 Å². The number of halogens is 1. The van der Waals surface area contributed by atoms with E-state index >= 15 is 0 Å². The fourth-order valence-electron chi connectivity index (χ4n) is 2.05. The van der Waals surface area contributed by atoms with Gasteiger partial charge < -0.3 is 19.9 Å². The zero-order valence-corrected chi connectivity index (χ0v) is 13.8. The molecule has 1 aromatic rings. The Hall–Kier alpha value is -2.49. The normalized spacial score (nSPS) is 14.5. The predicted octanol–water partition coefficient (Wildman–Crippen LogP) is 0.383. The fraction of sp³-hybridized carbons (Fsp3) is 0.571. The third-order valence-electron chi connectivity index (χ3n) is 2.94. The van der Waals surface area contributed by atoms with Gasteiger partial charge in [-0.15, -0.1) is 0 Å². The van der Waals surface area contributed by atoms with Gasteiger partial charge in [-0.05, 0) is 13.8 Å². The molecule has 0 radical (unpaired) electrons. The van der Waals surface area contributed by atoms with Crippen molar-refractivity contribution in [1.29, 1.82) is 0 Å². The summed E-state index contributed by atoms with van der Waals surface area (Å²) in [6.45, 7) is 5.50. The van der Waals surface area contributed by atoms with Crippen molar-refractivity contribution < 1.29 is 28.2 Å². The quantitative estimate of drug-likeness (QED) is 0.704. The van der Waals surface area contributed by atoms with E-state index in [0.717, 1.165) is 17.7 Å². The molecule has 9 nitrogen and oxygen atoms in total. The maximum Gasteiger partial charge on any atom is 0.351 e. The van der Waals surface area contributed by atoms with Crippen LogP contribution in [-0.2, 0) is 23.8 Å². The first kappa shape index (κ1) is 19.6. The van der Waals surface area contributed by atoms with E-state index < -0.39 is 47.7 Å². The van der Waals surface area contributed by atoms with Crippen molar-refractivity contribution in [3.8, 4) is 0 Å². The van der Waals surface area contributed by atoms with Gasteiger partial charge in [-0.25, -0.2) is 9.18 Å². The largest absolute Gasteiger partial charge is 0.459 e. The van der Waals surface area contributed by atoms with Crippen LogP contribution in [0.3, 0.4) is 0 Å². The minimum atomic E-state index is -1.26. The highest BCUT2D eigenvalue weighted by Crippen LogP contribution is 2.21. The van der Waals surface area contributed by atoms with Crippen LogP contribution in [0.25, 0.3) is 0 Å². The molecule has 0 aliphatic heterocycles. The number of rotatable bonds is 7. The number of anilines is 1. The van der Waals surface area contributed by atoms with E-state index in [1.165, 1.54) is 13.8 Å². The van der Waals surface area contributed by atoms with Gasteiger partial charge >= 0.3 is 17.6 Å². The molecule has 1 aromatic heterocycles. The van der Waals surface area contributed by atoms with Gasteiger partial charge in [-0.3, -0.25) is 14.2 Å². The SMILES string of the molecule is CCOC([C@H](OC(C)=O)[C@@H](C)OC(C)=O)n1cc(F)c(N)nc1=O.